The third-order valence-corrected chi connectivity index (χ3v) is 15.7. The van der Waals surface area contributed by atoms with E-state index < -0.39 is 36.9 Å². The second-order valence-electron chi connectivity index (χ2n) is 22.8. The summed E-state index contributed by atoms with van der Waals surface area (Å²) < 4.78 is 0. The fourth-order valence-corrected chi connectivity index (χ4v) is 10.6. The van der Waals surface area contributed by atoms with Gasteiger partial charge in [0.2, 0.25) is 5.91 Å². The Hall–Kier alpha value is -0.950. The van der Waals surface area contributed by atoms with E-state index in [0.717, 1.165) is 38.5 Å². The van der Waals surface area contributed by atoms with Crippen LogP contribution in [0.25, 0.3) is 0 Å². The molecule has 0 aromatic carbocycles. The predicted octanol–water partition coefficient (Wildman–Crippen LogP) is 19.6. The van der Waals surface area contributed by atoms with E-state index in [1.54, 1.807) is 0 Å². The number of allylic oxidation sites excluding steroid dienone is 2. The van der Waals surface area contributed by atoms with Gasteiger partial charge in [0.25, 0.3) is 0 Å². The molecule has 0 aromatic heterocycles. The largest absolute Gasteiger partial charge is 0.394 e. The lowest BCUT2D eigenvalue weighted by Gasteiger charge is -2.27. The lowest BCUT2D eigenvalue weighted by atomic mass is 10.00. The summed E-state index contributed by atoms with van der Waals surface area (Å²) >= 11 is 0. The Balaban J connectivity index is 3.53. The predicted molar refractivity (Wildman–Crippen MR) is 311 cm³/mol. The zero-order valence-corrected chi connectivity index (χ0v) is 48.3. The highest BCUT2D eigenvalue weighted by molar-refractivity contribution is 5.80. The van der Waals surface area contributed by atoms with Crippen LogP contribution < -0.4 is 5.32 Å². The molecular formula is C65H129NO5. The molecule has 6 heteroatoms. The minimum Gasteiger partial charge on any atom is -0.394 e. The Morgan fingerprint density at radius 1 is 0.338 bits per heavy atom. The van der Waals surface area contributed by atoms with Crippen LogP contribution in [0.4, 0.5) is 0 Å². The number of unbranched alkanes of at least 4 members (excludes halogenated alkanes) is 50. The van der Waals surface area contributed by atoms with E-state index >= 15 is 0 Å². The summed E-state index contributed by atoms with van der Waals surface area (Å²) in [7, 11) is 0. The molecule has 0 aliphatic heterocycles. The van der Waals surface area contributed by atoms with Gasteiger partial charge in [0, 0.05) is 0 Å². The molecular weight excluding hydrogens is 875 g/mol. The van der Waals surface area contributed by atoms with Crippen molar-refractivity contribution >= 4 is 5.91 Å². The lowest BCUT2D eigenvalue weighted by Crippen LogP contribution is -2.53. The molecule has 6 nitrogen and oxygen atoms in total. The maximum atomic E-state index is 12.6. The van der Waals surface area contributed by atoms with Crippen molar-refractivity contribution in [3.8, 4) is 0 Å². The standard InChI is InChI=1S/C65H129NO5/c1-3-5-7-9-11-13-15-17-19-21-23-25-26-27-28-29-30-31-32-33-34-35-36-37-39-41-43-45-47-49-51-53-55-57-59-63(69)65(71)66-61(60-67)64(70)62(68)58-56-54-52-50-48-46-44-42-40-38-24-22-20-18-16-14-12-10-8-6-4-2/h50,52,61-64,67-70H,3-49,51,53-60H2,1-2H3,(H,66,71)/b52-50+. The van der Waals surface area contributed by atoms with Crippen molar-refractivity contribution in [1.29, 1.82) is 0 Å². The topological polar surface area (TPSA) is 110 Å². The molecule has 0 aliphatic carbocycles. The van der Waals surface area contributed by atoms with Crippen molar-refractivity contribution < 1.29 is 25.2 Å². The van der Waals surface area contributed by atoms with Crippen molar-refractivity contribution in [2.24, 2.45) is 0 Å². The van der Waals surface area contributed by atoms with Crippen LogP contribution in [0, 0.1) is 0 Å². The van der Waals surface area contributed by atoms with Gasteiger partial charge in [0.1, 0.15) is 12.2 Å². The minimum atomic E-state index is -1.28. The van der Waals surface area contributed by atoms with Gasteiger partial charge in [0.05, 0.1) is 18.8 Å². The van der Waals surface area contributed by atoms with Crippen LogP contribution in [0.15, 0.2) is 12.2 Å². The van der Waals surface area contributed by atoms with Gasteiger partial charge < -0.3 is 25.7 Å². The SMILES string of the molecule is CCCCCCCCCCCCCCCCCC/C=C/CCCC(O)C(O)C(CO)NC(=O)C(O)CCCCCCCCCCCCCCCCCCCCCCCCCCCCCCCCCCCC. The van der Waals surface area contributed by atoms with Crippen molar-refractivity contribution in [3.63, 3.8) is 0 Å². The first-order chi connectivity index (χ1) is 35.0. The number of carbonyl (C=O) groups is 1. The van der Waals surface area contributed by atoms with Crippen LogP contribution >= 0.6 is 0 Å². The van der Waals surface area contributed by atoms with Crippen LogP contribution in [0.3, 0.4) is 0 Å². The zero-order valence-electron chi connectivity index (χ0n) is 48.3. The number of amides is 1. The van der Waals surface area contributed by atoms with E-state index in [4.69, 9.17) is 0 Å². The number of carbonyl (C=O) groups excluding carboxylic acids is 1. The number of hydrogen-bond donors (Lipinski definition) is 5. The molecule has 0 aliphatic rings. The summed E-state index contributed by atoms with van der Waals surface area (Å²) in [6.07, 6.45) is 73.3. The number of hydrogen-bond acceptors (Lipinski definition) is 5. The molecule has 5 N–H and O–H groups in total. The normalized spacial score (nSPS) is 13.6. The molecule has 0 saturated heterocycles. The van der Waals surface area contributed by atoms with Crippen LogP contribution in [0.5, 0.6) is 0 Å². The highest BCUT2D eigenvalue weighted by Gasteiger charge is 2.28. The van der Waals surface area contributed by atoms with Gasteiger partial charge >= 0.3 is 0 Å². The number of nitrogens with one attached hydrogen (secondary N) is 1. The number of aliphatic hydroxyl groups is 4. The molecule has 0 bridgehead atoms. The Morgan fingerprint density at radius 3 is 0.845 bits per heavy atom. The third kappa shape index (κ3) is 53.7. The second kappa shape index (κ2) is 59.9. The summed E-state index contributed by atoms with van der Waals surface area (Å²) in [5.74, 6) is -0.585. The smallest absolute Gasteiger partial charge is 0.249 e. The zero-order chi connectivity index (χ0) is 51.6. The summed E-state index contributed by atoms with van der Waals surface area (Å²) in [6.45, 7) is 4.10. The van der Waals surface area contributed by atoms with Crippen molar-refractivity contribution in [3.05, 3.63) is 12.2 Å². The van der Waals surface area contributed by atoms with Crippen molar-refractivity contribution in [2.75, 3.05) is 6.61 Å². The minimum absolute atomic E-state index is 0.369. The van der Waals surface area contributed by atoms with Gasteiger partial charge in [-0.1, -0.05) is 341 Å². The van der Waals surface area contributed by atoms with E-state index in [9.17, 15) is 25.2 Å². The Morgan fingerprint density at radius 2 is 0.577 bits per heavy atom. The Bertz CT molecular complexity index is 1040. The van der Waals surface area contributed by atoms with Crippen LogP contribution in [0.1, 0.15) is 367 Å². The van der Waals surface area contributed by atoms with Crippen LogP contribution in [-0.2, 0) is 4.79 Å². The molecule has 0 aromatic rings. The van der Waals surface area contributed by atoms with Gasteiger partial charge in [-0.25, -0.2) is 0 Å². The van der Waals surface area contributed by atoms with Crippen LogP contribution in [-0.4, -0.2) is 57.3 Å². The summed E-state index contributed by atoms with van der Waals surface area (Å²) in [5, 5.41) is 44.1. The van der Waals surface area contributed by atoms with E-state index in [1.165, 1.54) is 302 Å². The molecule has 0 fully saturated rings. The molecule has 4 atom stereocenters. The van der Waals surface area contributed by atoms with E-state index in [0.29, 0.717) is 12.8 Å². The molecule has 0 heterocycles. The van der Waals surface area contributed by atoms with Crippen LogP contribution in [0.2, 0.25) is 0 Å². The summed E-state index contributed by atoms with van der Waals surface area (Å²) in [6, 6.07) is -0.999. The maximum Gasteiger partial charge on any atom is 0.249 e. The fourth-order valence-electron chi connectivity index (χ4n) is 10.6. The Labute approximate surface area is 444 Å². The van der Waals surface area contributed by atoms with E-state index in [2.05, 4.69) is 31.3 Å². The molecule has 4 unspecified atom stereocenters. The maximum absolute atomic E-state index is 12.6. The number of aliphatic hydroxyl groups excluding tert-OH is 4. The van der Waals surface area contributed by atoms with E-state index in [1.807, 2.05) is 0 Å². The number of rotatable bonds is 61. The van der Waals surface area contributed by atoms with Gasteiger partial charge in [0.15, 0.2) is 0 Å². The van der Waals surface area contributed by atoms with Gasteiger partial charge in [-0.2, -0.15) is 0 Å². The molecule has 0 radical (unpaired) electrons. The average molecular weight is 1000 g/mol. The first kappa shape index (κ1) is 70.1. The monoisotopic (exact) mass is 1000 g/mol. The molecule has 71 heavy (non-hydrogen) atoms. The van der Waals surface area contributed by atoms with Gasteiger partial charge in [-0.3, -0.25) is 4.79 Å². The quantitative estimate of drug-likeness (QED) is 0.0308. The average Bonchev–Trinajstić information content (AvgIpc) is 3.38. The molecule has 0 rings (SSSR count). The third-order valence-electron chi connectivity index (χ3n) is 15.7. The molecule has 0 saturated carbocycles. The molecule has 1 amide bonds. The van der Waals surface area contributed by atoms with Crippen molar-refractivity contribution in [2.45, 2.75) is 391 Å². The molecule has 424 valence electrons. The lowest BCUT2D eigenvalue weighted by molar-refractivity contribution is -0.132. The second-order valence-corrected chi connectivity index (χ2v) is 22.8. The first-order valence-electron chi connectivity index (χ1n) is 32.6. The summed E-state index contributed by atoms with van der Waals surface area (Å²) in [4.78, 5) is 12.6. The fraction of sp³-hybridized carbons (Fsp3) is 0.954. The first-order valence-corrected chi connectivity index (χ1v) is 32.6. The summed E-state index contributed by atoms with van der Waals surface area (Å²) in [5.41, 5.74) is 0. The van der Waals surface area contributed by atoms with Crippen molar-refractivity contribution in [1.82, 2.24) is 5.32 Å². The Kier molecular flexibility index (Phi) is 59.1. The highest BCUT2D eigenvalue weighted by atomic mass is 16.3. The van der Waals surface area contributed by atoms with E-state index in [-0.39, 0.29) is 0 Å². The highest BCUT2D eigenvalue weighted by Crippen LogP contribution is 2.19. The van der Waals surface area contributed by atoms with Gasteiger partial charge in [-0.05, 0) is 38.5 Å². The molecule has 0 spiro atoms. The van der Waals surface area contributed by atoms with Gasteiger partial charge in [-0.15, -0.1) is 0 Å².